The zero-order valence-corrected chi connectivity index (χ0v) is 14.6. The Bertz CT molecular complexity index is 678. The fourth-order valence-corrected chi connectivity index (χ4v) is 5.58. The van der Waals surface area contributed by atoms with Crippen molar-refractivity contribution in [3.8, 4) is 5.88 Å². The third kappa shape index (κ3) is 2.77. The highest BCUT2D eigenvalue weighted by Crippen LogP contribution is 2.55. The number of nitrogens with zero attached hydrogens (tertiary/aromatic N) is 3. The first-order valence-corrected chi connectivity index (χ1v) is 8.98. The van der Waals surface area contributed by atoms with E-state index in [2.05, 4.69) is 10.4 Å². The van der Waals surface area contributed by atoms with Crippen LogP contribution in [-0.4, -0.2) is 33.3 Å². The Morgan fingerprint density at radius 1 is 1.36 bits per heavy atom. The van der Waals surface area contributed by atoms with E-state index >= 15 is 0 Å². The molecular weight excluding hydrogens is 324 g/mol. The lowest BCUT2D eigenvalue weighted by molar-refractivity contribution is -0.385. The molecule has 25 heavy (non-hydrogen) atoms. The van der Waals surface area contributed by atoms with E-state index in [-0.39, 0.29) is 23.0 Å². The van der Waals surface area contributed by atoms with Gasteiger partial charge in [0, 0.05) is 5.54 Å². The van der Waals surface area contributed by atoms with Gasteiger partial charge >= 0.3 is 11.6 Å². The van der Waals surface area contributed by atoms with Crippen LogP contribution < -0.4 is 10.1 Å². The van der Waals surface area contributed by atoms with Crippen molar-refractivity contribution in [3.05, 3.63) is 16.3 Å². The molecule has 1 aromatic heterocycles. The average molecular weight is 348 g/mol. The maximum atomic E-state index is 12.8. The van der Waals surface area contributed by atoms with E-state index in [1.807, 2.05) is 0 Å². The second-order valence-corrected chi connectivity index (χ2v) is 8.12. The number of carbonyl (C=O) groups excluding carboxylic acids is 1. The Labute approximate surface area is 146 Å². The largest absolute Gasteiger partial charge is 0.475 e. The number of methoxy groups -OCH3 is 1. The number of amides is 1. The predicted molar refractivity (Wildman–Crippen MR) is 89.2 cm³/mol. The van der Waals surface area contributed by atoms with Gasteiger partial charge in [-0.3, -0.25) is 14.9 Å². The normalized spacial score (nSPS) is 33.9. The van der Waals surface area contributed by atoms with Crippen molar-refractivity contribution in [2.24, 2.45) is 17.8 Å². The van der Waals surface area contributed by atoms with Gasteiger partial charge in [0.25, 0.3) is 0 Å². The molecule has 4 saturated carbocycles. The van der Waals surface area contributed by atoms with Crippen LogP contribution in [0.1, 0.15) is 51.5 Å². The molecule has 4 fully saturated rings. The van der Waals surface area contributed by atoms with Crippen LogP contribution in [0.4, 0.5) is 5.69 Å². The fraction of sp³-hybridized carbons (Fsp3) is 0.765. The number of nitro groups is 1. The molecule has 1 N–H and O–H groups in total. The first-order valence-electron chi connectivity index (χ1n) is 8.98. The van der Waals surface area contributed by atoms with Gasteiger partial charge in [-0.25, -0.2) is 4.68 Å². The SMILES string of the molecule is COc1nn(C(C)C(=O)NC23CC4CC(CC(C4)C2)C3)cc1[N+](=O)[O-]. The summed E-state index contributed by atoms with van der Waals surface area (Å²) in [5.74, 6) is 2.04. The molecule has 1 atom stereocenters. The Kier molecular flexibility index (Phi) is 3.73. The predicted octanol–water partition coefficient (Wildman–Crippen LogP) is 2.45. The molecule has 0 saturated heterocycles. The van der Waals surface area contributed by atoms with Crippen LogP contribution >= 0.6 is 0 Å². The smallest absolute Gasteiger partial charge is 0.350 e. The van der Waals surface area contributed by atoms with Gasteiger partial charge in [-0.15, -0.1) is 5.10 Å². The average Bonchev–Trinajstić information content (AvgIpc) is 2.96. The molecule has 1 unspecified atom stereocenters. The molecule has 8 nitrogen and oxygen atoms in total. The van der Waals surface area contributed by atoms with Gasteiger partial charge in [0.05, 0.1) is 12.0 Å². The van der Waals surface area contributed by atoms with Crippen molar-refractivity contribution in [2.45, 2.75) is 57.0 Å². The molecule has 0 aromatic carbocycles. The minimum Gasteiger partial charge on any atom is -0.475 e. The molecule has 0 spiro atoms. The van der Waals surface area contributed by atoms with Gasteiger partial charge in [0.15, 0.2) is 0 Å². The summed E-state index contributed by atoms with van der Waals surface area (Å²) in [6.45, 7) is 1.71. The van der Waals surface area contributed by atoms with E-state index in [1.54, 1.807) is 6.92 Å². The first kappa shape index (κ1) is 16.4. The highest BCUT2D eigenvalue weighted by Gasteiger charge is 2.51. The Morgan fingerprint density at radius 3 is 2.36 bits per heavy atom. The summed E-state index contributed by atoms with van der Waals surface area (Å²) >= 11 is 0. The Balaban J connectivity index is 1.50. The molecular formula is C17H24N4O4. The zero-order chi connectivity index (χ0) is 17.8. The van der Waals surface area contributed by atoms with Crippen LogP contribution in [0, 0.1) is 27.9 Å². The molecule has 136 valence electrons. The Hall–Kier alpha value is -2.12. The van der Waals surface area contributed by atoms with Crippen molar-refractivity contribution in [3.63, 3.8) is 0 Å². The van der Waals surface area contributed by atoms with Crippen LogP contribution in [0.15, 0.2) is 6.20 Å². The number of carbonyl (C=O) groups is 1. The molecule has 0 aliphatic heterocycles. The highest BCUT2D eigenvalue weighted by atomic mass is 16.6. The van der Waals surface area contributed by atoms with Crippen LogP contribution in [0.25, 0.3) is 0 Å². The highest BCUT2D eigenvalue weighted by molar-refractivity contribution is 5.80. The zero-order valence-electron chi connectivity index (χ0n) is 14.6. The molecule has 1 heterocycles. The summed E-state index contributed by atoms with van der Waals surface area (Å²) in [4.78, 5) is 23.3. The van der Waals surface area contributed by atoms with Crippen LogP contribution in [-0.2, 0) is 4.79 Å². The van der Waals surface area contributed by atoms with Gasteiger partial charge in [0.1, 0.15) is 12.2 Å². The maximum Gasteiger partial charge on any atom is 0.350 e. The van der Waals surface area contributed by atoms with E-state index in [9.17, 15) is 14.9 Å². The molecule has 1 aromatic rings. The maximum absolute atomic E-state index is 12.8. The summed E-state index contributed by atoms with van der Waals surface area (Å²) in [6.07, 6.45) is 8.41. The van der Waals surface area contributed by atoms with Gasteiger partial charge < -0.3 is 10.1 Å². The third-order valence-corrected chi connectivity index (χ3v) is 6.27. The number of ether oxygens (including phenoxy) is 1. The lowest BCUT2D eigenvalue weighted by atomic mass is 9.53. The lowest BCUT2D eigenvalue weighted by Gasteiger charge is -2.57. The first-order chi connectivity index (χ1) is 11.9. The van der Waals surface area contributed by atoms with Crippen molar-refractivity contribution in [1.29, 1.82) is 0 Å². The lowest BCUT2D eigenvalue weighted by Crippen LogP contribution is -2.60. The number of nitrogens with one attached hydrogen (secondary N) is 1. The summed E-state index contributed by atoms with van der Waals surface area (Å²) in [5, 5.41) is 18.4. The molecule has 4 aliphatic rings. The van der Waals surface area contributed by atoms with Gasteiger partial charge in [0.2, 0.25) is 5.91 Å². The minimum absolute atomic E-state index is 0.0699. The minimum atomic E-state index is -0.615. The van der Waals surface area contributed by atoms with E-state index in [1.165, 1.54) is 37.3 Å². The molecule has 0 radical (unpaired) electrons. The second-order valence-electron chi connectivity index (χ2n) is 8.12. The van der Waals surface area contributed by atoms with E-state index in [4.69, 9.17) is 4.74 Å². The third-order valence-electron chi connectivity index (χ3n) is 6.27. The van der Waals surface area contributed by atoms with E-state index in [0.717, 1.165) is 37.0 Å². The van der Waals surface area contributed by atoms with Gasteiger partial charge in [-0.1, -0.05) is 0 Å². The Morgan fingerprint density at radius 2 is 1.92 bits per heavy atom. The topological polar surface area (TPSA) is 99.3 Å². The number of hydrogen-bond donors (Lipinski definition) is 1. The standard InChI is InChI=1S/C17H24N4O4/c1-10(20-9-14(21(23)24)16(19-20)25-2)15(22)18-17-6-11-3-12(7-17)5-13(4-11)8-17/h9-13H,3-8H2,1-2H3,(H,18,22). The summed E-state index contributed by atoms with van der Waals surface area (Å²) < 4.78 is 6.27. The van der Waals surface area contributed by atoms with Crippen molar-refractivity contribution < 1.29 is 14.5 Å². The van der Waals surface area contributed by atoms with Gasteiger partial charge in [-0.2, -0.15) is 0 Å². The van der Waals surface area contributed by atoms with Crippen molar-refractivity contribution in [2.75, 3.05) is 7.11 Å². The fourth-order valence-electron chi connectivity index (χ4n) is 5.58. The summed E-state index contributed by atoms with van der Waals surface area (Å²) in [6, 6.07) is -0.615. The number of hydrogen-bond acceptors (Lipinski definition) is 5. The summed E-state index contributed by atoms with van der Waals surface area (Å²) in [7, 11) is 1.33. The van der Waals surface area contributed by atoms with Crippen LogP contribution in [0.5, 0.6) is 5.88 Å². The van der Waals surface area contributed by atoms with Crippen LogP contribution in [0.2, 0.25) is 0 Å². The second kappa shape index (κ2) is 5.71. The molecule has 5 rings (SSSR count). The quantitative estimate of drug-likeness (QED) is 0.651. The monoisotopic (exact) mass is 348 g/mol. The van der Waals surface area contributed by atoms with Crippen molar-refractivity contribution >= 4 is 11.6 Å². The van der Waals surface area contributed by atoms with Crippen molar-refractivity contribution in [1.82, 2.24) is 15.1 Å². The molecule has 4 aliphatic carbocycles. The molecule has 4 bridgehead atoms. The summed E-state index contributed by atoms with van der Waals surface area (Å²) in [5.41, 5.74) is -0.305. The van der Waals surface area contributed by atoms with E-state index < -0.39 is 11.0 Å². The van der Waals surface area contributed by atoms with E-state index in [0.29, 0.717) is 0 Å². The number of aromatic nitrogens is 2. The van der Waals surface area contributed by atoms with Crippen LogP contribution in [0.3, 0.4) is 0 Å². The molecule has 8 heteroatoms. The van der Waals surface area contributed by atoms with Gasteiger partial charge in [-0.05, 0) is 63.2 Å². The number of rotatable bonds is 5. The molecule has 1 amide bonds.